The number of aliphatic hydroxyl groups excluding tert-OH is 2. The zero-order valence-electron chi connectivity index (χ0n) is 32.8. The van der Waals surface area contributed by atoms with Crippen molar-refractivity contribution < 1.29 is 57.7 Å². The Morgan fingerprint density at radius 1 is 0.898 bits per heavy atom. The largest absolute Gasteiger partial charge is 0.480 e. The number of imide groups is 1. The van der Waals surface area contributed by atoms with E-state index < -0.39 is 115 Å². The topological polar surface area (TPSA) is 242 Å². The Kier molecular flexibility index (Phi) is 15.5. The number of aliphatic carboxylic acids is 1. The lowest BCUT2D eigenvalue weighted by atomic mass is 9.82. The molecule has 0 aliphatic carbocycles. The van der Waals surface area contributed by atoms with Crippen molar-refractivity contribution in [3.05, 3.63) is 95.8 Å². The number of rotatable bonds is 20. The maximum absolute atomic E-state index is 15.1. The Labute approximate surface area is 338 Å². The molecule has 1 aromatic heterocycles. The quantitative estimate of drug-likeness (QED) is 0.0891. The second kappa shape index (κ2) is 20.0. The number of benzene rings is 2. The van der Waals surface area contributed by atoms with Gasteiger partial charge in [0.1, 0.15) is 36.9 Å². The standard InChI is InChI=1S/C41H48F2N6O10/c1-41(2,3)38(32-17-25(27-18-26(42)9-10-28(27)43)20-47(32)19-24-7-5-4-6-8-24)48(37(56)23-51)16-15-29(44)39(57)46-30(40(58)59)11-12-33(52)31(22-50)45-34(53)21-49-35(54)13-14-36(49)55/h4-10,13-14,17-18,20,29-31,38,50-51H,11-12,15-16,19,21-23,44H2,1-3H3,(H,45,53)(H,46,57)(H,58,59)/t29-,30+,31-,38-/m0/s1. The molecule has 1 aliphatic heterocycles. The SMILES string of the molecule is CC(C)(C)[C@H](c1cc(-c2cc(F)ccc2F)cn1Cc1ccccc1)N(CC[C@H](N)C(=O)N[C@H](CCC(=O)[C@H](CO)NC(=O)CN1C(=O)C=CC1=O)C(=O)O)C(=O)CO. The fourth-order valence-corrected chi connectivity index (χ4v) is 6.71. The first-order valence-electron chi connectivity index (χ1n) is 18.7. The summed E-state index contributed by atoms with van der Waals surface area (Å²) in [6, 6.07) is 8.60. The molecule has 7 N–H and O–H groups in total. The van der Waals surface area contributed by atoms with Gasteiger partial charge in [-0.1, -0.05) is 51.1 Å². The first-order chi connectivity index (χ1) is 27.8. The van der Waals surface area contributed by atoms with Gasteiger partial charge in [0.05, 0.1) is 18.7 Å². The Bertz CT molecular complexity index is 2070. The summed E-state index contributed by atoms with van der Waals surface area (Å²) < 4.78 is 31.2. The molecule has 0 saturated heterocycles. The fourth-order valence-electron chi connectivity index (χ4n) is 6.71. The van der Waals surface area contributed by atoms with Gasteiger partial charge < -0.3 is 41.2 Å². The number of hydrogen-bond acceptors (Lipinski definition) is 10. The number of nitrogens with two attached hydrogens (primary N) is 1. The van der Waals surface area contributed by atoms with Gasteiger partial charge in [-0.2, -0.15) is 0 Å². The average Bonchev–Trinajstić information content (AvgIpc) is 3.74. The summed E-state index contributed by atoms with van der Waals surface area (Å²) in [6.45, 7) is 3.05. The van der Waals surface area contributed by atoms with Crippen molar-refractivity contribution in [2.75, 3.05) is 26.3 Å². The van der Waals surface area contributed by atoms with Crippen molar-refractivity contribution in [2.24, 2.45) is 11.1 Å². The van der Waals surface area contributed by atoms with E-state index in [1.54, 1.807) is 16.8 Å². The van der Waals surface area contributed by atoms with Gasteiger partial charge >= 0.3 is 5.97 Å². The summed E-state index contributed by atoms with van der Waals surface area (Å²) in [5, 5.41) is 34.1. The number of aromatic nitrogens is 1. The van der Waals surface area contributed by atoms with Gasteiger partial charge in [-0.3, -0.25) is 33.7 Å². The van der Waals surface area contributed by atoms with E-state index in [2.05, 4.69) is 10.6 Å². The highest BCUT2D eigenvalue weighted by Crippen LogP contribution is 2.41. The van der Waals surface area contributed by atoms with Crippen molar-refractivity contribution in [2.45, 2.75) is 70.7 Å². The maximum atomic E-state index is 15.1. The molecule has 0 unspecified atom stereocenters. The number of aliphatic hydroxyl groups is 2. The molecular weight excluding hydrogens is 774 g/mol. The molecule has 0 radical (unpaired) electrons. The molecule has 316 valence electrons. The van der Waals surface area contributed by atoms with Crippen LogP contribution in [-0.4, -0.2) is 115 Å². The molecule has 2 aromatic carbocycles. The minimum Gasteiger partial charge on any atom is -0.480 e. The summed E-state index contributed by atoms with van der Waals surface area (Å²) in [4.78, 5) is 89.5. The summed E-state index contributed by atoms with van der Waals surface area (Å²) in [7, 11) is 0. The third-order valence-electron chi connectivity index (χ3n) is 9.65. The maximum Gasteiger partial charge on any atom is 0.326 e. The summed E-state index contributed by atoms with van der Waals surface area (Å²) in [5.74, 6) is -7.71. The van der Waals surface area contributed by atoms with Crippen molar-refractivity contribution in [1.82, 2.24) is 25.0 Å². The van der Waals surface area contributed by atoms with Gasteiger partial charge in [-0.25, -0.2) is 13.6 Å². The van der Waals surface area contributed by atoms with Crippen LogP contribution in [-0.2, 0) is 40.1 Å². The number of carboxylic acid groups (broad SMARTS) is 1. The van der Waals surface area contributed by atoms with Crippen molar-refractivity contribution >= 4 is 41.3 Å². The minimum absolute atomic E-state index is 0.0126. The van der Waals surface area contributed by atoms with Gasteiger partial charge in [0.25, 0.3) is 11.8 Å². The second-order valence-electron chi connectivity index (χ2n) is 15.1. The number of nitrogens with zero attached hydrogens (tertiary/aromatic N) is 3. The molecule has 4 atom stereocenters. The van der Waals surface area contributed by atoms with E-state index in [4.69, 9.17) is 5.73 Å². The number of Topliss-reactive ketones (excluding diaryl/α,β-unsaturated/α-hetero) is 1. The van der Waals surface area contributed by atoms with E-state index in [9.17, 15) is 53.3 Å². The van der Waals surface area contributed by atoms with Crippen LogP contribution in [0.1, 0.15) is 57.3 Å². The van der Waals surface area contributed by atoms with Crippen LogP contribution in [0.4, 0.5) is 8.78 Å². The van der Waals surface area contributed by atoms with E-state index in [-0.39, 0.29) is 25.1 Å². The zero-order chi connectivity index (χ0) is 43.6. The normalized spacial score (nSPS) is 14.7. The number of carbonyl (C=O) groups excluding carboxylic acids is 6. The molecule has 1 aliphatic rings. The van der Waals surface area contributed by atoms with Crippen molar-refractivity contribution in [3.8, 4) is 11.1 Å². The Morgan fingerprint density at radius 2 is 1.56 bits per heavy atom. The minimum atomic E-state index is -1.64. The lowest BCUT2D eigenvalue weighted by Gasteiger charge is -2.41. The predicted molar refractivity (Wildman–Crippen MR) is 208 cm³/mol. The molecule has 5 amide bonds. The van der Waals surface area contributed by atoms with Crippen LogP contribution in [0.2, 0.25) is 0 Å². The molecule has 0 fully saturated rings. The van der Waals surface area contributed by atoms with Gasteiger partial charge in [-0.05, 0) is 48.1 Å². The van der Waals surface area contributed by atoms with E-state index in [1.807, 2.05) is 51.1 Å². The third-order valence-corrected chi connectivity index (χ3v) is 9.65. The summed E-state index contributed by atoms with van der Waals surface area (Å²) in [5.41, 5.74) is 7.13. The summed E-state index contributed by atoms with van der Waals surface area (Å²) in [6.07, 6.45) is 2.34. The average molecular weight is 823 g/mol. The summed E-state index contributed by atoms with van der Waals surface area (Å²) >= 11 is 0. The fraction of sp³-hybridized carbons (Fsp3) is 0.390. The highest BCUT2D eigenvalue weighted by atomic mass is 19.1. The Hall–Kier alpha value is -6.11. The van der Waals surface area contributed by atoms with Crippen LogP contribution in [0.5, 0.6) is 0 Å². The lowest BCUT2D eigenvalue weighted by molar-refractivity contribution is -0.142. The molecule has 0 bridgehead atoms. The molecule has 3 aromatic rings. The molecule has 4 rings (SSSR count). The molecule has 18 heteroatoms. The smallest absolute Gasteiger partial charge is 0.326 e. The van der Waals surface area contributed by atoms with Gasteiger partial charge in [-0.15, -0.1) is 0 Å². The third kappa shape index (κ3) is 12.0. The monoisotopic (exact) mass is 822 g/mol. The Balaban J connectivity index is 1.50. The highest BCUT2D eigenvalue weighted by molar-refractivity contribution is 6.14. The molecule has 59 heavy (non-hydrogen) atoms. The lowest BCUT2D eigenvalue weighted by Crippen LogP contribution is -2.51. The molecule has 2 heterocycles. The number of halogens is 2. The number of carbonyl (C=O) groups is 7. The van der Waals surface area contributed by atoms with E-state index >= 15 is 4.39 Å². The van der Waals surface area contributed by atoms with E-state index in [0.29, 0.717) is 16.2 Å². The van der Waals surface area contributed by atoms with Crippen LogP contribution in [0.25, 0.3) is 11.1 Å². The molecule has 16 nitrogen and oxygen atoms in total. The number of hydrogen-bond donors (Lipinski definition) is 6. The van der Waals surface area contributed by atoms with Crippen LogP contribution in [0.15, 0.2) is 72.9 Å². The predicted octanol–water partition coefficient (Wildman–Crippen LogP) is 1.43. The van der Waals surface area contributed by atoms with Crippen molar-refractivity contribution in [3.63, 3.8) is 0 Å². The number of ketones is 1. The molecular formula is C41H48F2N6O10. The van der Waals surface area contributed by atoms with Crippen molar-refractivity contribution in [1.29, 1.82) is 0 Å². The van der Waals surface area contributed by atoms with E-state index in [1.165, 1.54) is 4.90 Å². The zero-order valence-corrected chi connectivity index (χ0v) is 32.8. The second-order valence-corrected chi connectivity index (χ2v) is 15.1. The first-order valence-corrected chi connectivity index (χ1v) is 18.7. The van der Waals surface area contributed by atoms with E-state index in [0.717, 1.165) is 35.9 Å². The first kappa shape index (κ1) is 45.6. The van der Waals surface area contributed by atoms with Crippen LogP contribution < -0.4 is 16.4 Å². The van der Waals surface area contributed by atoms with Crippen LogP contribution in [0, 0.1) is 17.0 Å². The van der Waals surface area contributed by atoms with Gasteiger partial charge in [0, 0.05) is 54.7 Å². The van der Waals surface area contributed by atoms with Crippen LogP contribution in [0.3, 0.4) is 0 Å². The van der Waals surface area contributed by atoms with Crippen LogP contribution >= 0.6 is 0 Å². The molecule has 0 spiro atoms. The molecule has 0 saturated carbocycles. The highest BCUT2D eigenvalue weighted by Gasteiger charge is 2.38. The van der Waals surface area contributed by atoms with Gasteiger partial charge in [0.2, 0.25) is 17.7 Å². The Morgan fingerprint density at radius 3 is 2.15 bits per heavy atom. The van der Waals surface area contributed by atoms with Gasteiger partial charge in [0.15, 0.2) is 5.78 Å². The number of amides is 5. The number of carboxylic acids is 1. The number of nitrogens with one attached hydrogen (secondary N) is 2.